The molecule has 2 rings (SSSR count). The molecule has 0 saturated carbocycles. The predicted octanol–water partition coefficient (Wildman–Crippen LogP) is 0.341. The van der Waals surface area contributed by atoms with Gasteiger partial charge < -0.3 is 9.74 Å². The molecule has 0 aromatic rings. The van der Waals surface area contributed by atoms with Crippen LogP contribution in [-0.4, -0.2) is 4.90 Å². The molecule has 4 nitrogen and oxygen atoms in total. The Balaban J connectivity index is 2.04. The smallest absolute Gasteiger partial charge is 0.169 e. The first-order valence-electron chi connectivity index (χ1n) is 2.71. The minimum Gasteiger partial charge on any atom is -0.393 e. The molecule has 0 aromatic heterocycles. The summed E-state index contributed by atoms with van der Waals surface area (Å²) in [5.74, 6) is 3.82. The third-order valence-electron chi connectivity index (χ3n) is 1.10. The summed E-state index contributed by atoms with van der Waals surface area (Å²) < 4.78 is 0. The second-order valence-electron chi connectivity index (χ2n) is 1.71. The molecule has 52 valence electrons. The lowest BCUT2D eigenvalue weighted by atomic mass is 10.7. The summed E-state index contributed by atoms with van der Waals surface area (Å²) in [6.45, 7) is 0. The van der Waals surface area contributed by atoms with Gasteiger partial charge in [-0.1, -0.05) is 17.4 Å². The van der Waals surface area contributed by atoms with Crippen molar-refractivity contribution in [3.05, 3.63) is 29.6 Å². The maximum absolute atomic E-state index is 4.72. The molecule has 0 amide bonds. The van der Waals surface area contributed by atoms with Gasteiger partial charge in [0.1, 0.15) is 0 Å². The molecule has 2 N–H and O–H groups in total. The Bertz CT molecular complexity index is 191. The molecule has 0 aliphatic carbocycles. The van der Waals surface area contributed by atoms with E-state index in [4.69, 9.17) is 4.84 Å². The second kappa shape index (κ2) is 2.43. The highest BCUT2D eigenvalue weighted by Crippen LogP contribution is 2.23. The van der Waals surface area contributed by atoms with Crippen LogP contribution in [0.1, 0.15) is 0 Å². The minimum atomic E-state index is 0.834. The van der Waals surface area contributed by atoms with Crippen LogP contribution in [0.4, 0.5) is 0 Å². The van der Waals surface area contributed by atoms with Crippen molar-refractivity contribution in [2.45, 2.75) is 0 Å². The zero-order valence-corrected chi connectivity index (χ0v) is 5.81. The van der Waals surface area contributed by atoms with Crippen molar-refractivity contribution >= 4 is 11.8 Å². The van der Waals surface area contributed by atoms with Crippen LogP contribution in [0.2, 0.25) is 0 Å². The van der Waals surface area contributed by atoms with Gasteiger partial charge in [0, 0.05) is 6.20 Å². The highest BCUT2D eigenvalue weighted by atomic mass is 32.2. The molecule has 0 bridgehead atoms. The lowest BCUT2D eigenvalue weighted by Crippen LogP contribution is -2.28. The van der Waals surface area contributed by atoms with Crippen LogP contribution in [-0.2, 0) is 4.84 Å². The highest BCUT2D eigenvalue weighted by Gasteiger charge is 2.14. The van der Waals surface area contributed by atoms with E-state index < -0.39 is 0 Å². The van der Waals surface area contributed by atoms with E-state index in [0.29, 0.717) is 0 Å². The van der Waals surface area contributed by atoms with Gasteiger partial charge in [-0.2, -0.15) is 0 Å². The normalized spacial score (nSPS) is 22.4. The average molecular weight is 155 g/mol. The summed E-state index contributed by atoms with van der Waals surface area (Å²) in [4.78, 5) is 6.52. The first-order chi connectivity index (χ1) is 4.97. The van der Waals surface area contributed by atoms with E-state index in [1.807, 2.05) is 11.6 Å². The zero-order chi connectivity index (χ0) is 6.81. The number of nitrogens with one attached hydrogen (secondary N) is 2. The Morgan fingerprint density at radius 2 is 2.70 bits per heavy atom. The van der Waals surface area contributed by atoms with Crippen LogP contribution >= 0.6 is 11.8 Å². The molecule has 2 aliphatic rings. The van der Waals surface area contributed by atoms with E-state index in [-0.39, 0.29) is 0 Å². The summed E-state index contributed by atoms with van der Waals surface area (Å²) in [6.07, 6.45) is 3.46. The fraction of sp³-hybridized carbons (Fsp3) is 0. The van der Waals surface area contributed by atoms with E-state index in [1.165, 1.54) is 11.8 Å². The molecular formula is C5H5N3OS. The molecule has 0 spiro atoms. The average Bonchev–Trinajstić information content (AvgIpc) is 2.59. The molecule has 5 heteroatoms. The number of hydrogen-bond acceptors (Lipinski definition) is 5. The van der Waals surface area contributed by atoms with Crippen LogP contribution in [0.5, 0.6) is 0 Å². The summed E-state index contributed by atoms with van der Waals surface area (Å²) >= 11 is 1.50. The SMILES string of the molecule is [C]1SC=CN1C1=CONN1. The molecule has 0 fully saturated rings. The van der Waals surface area contributed by atoms with Crippen molar-refractivity contribution < 1.29 is 4.84 Å². The van der Waals surface area contributed by atoms with Crippen LogP contribution in [0, 0.1) is 5.88 Å². The van der Waals surface area contributed by atoms with Crippen molar-refractivity contribution in [2.24, 2.45) is 0 Å². The third kappa shape index (κ3) is 0.932. The Morgan fingerprint density at radius 3 is 3.30 bits per heavy atom. The van der Waals surface area contributed by atoms with Crippen molar-refractivity contribution in [1.29, 1.82) is 0 Å². The maximum Gasteiger partial charge on any atom is 0.169 e. The number of rotatable bonds is 1. The van der Waals surface area contributed by atoms with Gasteiger partial charge >= 0.3 is 0 Å². The van der Waals surface area contributed by atoms with Gasteiger partial charge in [-0.25, -0.2) is 0 Å². The van der Waals surface area contributed by atoms with Gasteiger partial charge in [-0.05, 0) is 5.41 Å². The summed E-state index contributed by atoms with van der Waals surface area (Å²) in [5, 5.41) is 1.93. The maximum atomic E-state index is 4.72. The molecule has 0 unspecified atom stereocenters. The lowest BCUT2D eigenvalue weighted by Gasteiger charge is -2.11. The first kappa shape index (κ1) is 5.94. The third-order valence-corrected chi connectivity index (χ3v) is 1.66. The molecular weight excluding hydrogens is 150 g/mol. The quantitative estimate of drug-likeness (QED) is 0.571. The van der Waals surface area contributed by atoms with E-state index in [2.05, 4.69) is 16.9 Å². The van der Waals surface area contributed by atoms with Crippen LogP contribution < -0.4 is 11.0 Å². The topological polar surface area (TPSA) is 36.5 Å². The van der Waals surface area contributed by atoms with Crippen molar-refractivity contribution in [3.8, 4) is 0 Å². The standard InChI is InChI=1S/C5H5N3OS/c1-2-10-4-8(1)5-3-9-7-6-5/h1-3,6-7H. The summed E-state index contributed by atoms with van der Waals surface area (Å²) in [7, 11) is 0. The molecule has 0 saturated heterocycles. The second-order valence-corrected chi connectivity index (χ2v) is 2.40. The van der Waals surface area contributed by atoms with E-state index in [9.17, 15) is 0 Å². The van der Waals surface area contributed by atoms with Gasteiger partial charge in [0.15, 0.2) is 18.0 Å². The molecule has 2 radical (unpaired) electrons. The van der Waals surface area contributed by atoms with Crippen molar-refractivity contribution in [1.82, 2.24) is 15.9 Å². The van der Waals surface area contributed by atoms with Gasteiger partial charge in [0.05, 0.1) is 0 Å². The highest BCUT2D eigenvalue weighted by molar-refractivity contribution is 8.04. The lowest BCUT2D eigenvalue weighted by molar-refractivity contribution is 0.136. The Kier molecular flexibility index (Phi) is 1.44. The van der Waals surface area contributed by atoms with Crippen molar-refractivity contribution in [3.63, 3.8) is 0 Å². The molecule has 0 atom stereocenters. The van der Waals surface area contributed by atoms with Crippen LogP contribution in [0.25, 0.3) is 0 Å². The fourth-order valence-corrected chi connectivity index (χ4v) is 1.17. The molecule has 2 aliphatic heterocycles. The van der Waals surface area contributed by atoms with Crippen LogP contribution in [0.15, 0.2) is 23.7 Å². The number of nitrogens with zero attached hydrogens (tertiary/aromatic N) is 1. The van der Waals surface area contributed by atoms with Crippen molar-refractivity contribution in [2.75, 3.05) is 0 Å². The Labute approximate surface area is 62.8 Å². The van der Waals surface area contributed by atoms with E-state index >= 15 is 0 Å². The monoisotopic (exact) mass is 155 g/mol. The minimum absolute atomic E-state index is 0.834. The fourth-order valence-electron chi connectivity index (χ4n) is 0.652. The number of hydrogen-bond donors (Lipinski definition) is 2. The summed E-state index contributed by atoms with van der Waals surface area (Å²) in [6, 6.07) is 0. The van der Waals surface area contributed by atoms with Gasteiger partial charge in [-0.15, -0.1) is 0 Å². The Hall–Kier alpha value is -0.810. The molecule has 10 heavy (non-hydrogen) atoms. The van der Waals surface area contributed by atoms with Gasteiger partial charge in [-0.3, -0.25) is 5.43 Å². The number of hydrazine groups is 1. The van der Waals surface area contributed by atoms with Gasteiger partial charge in [0.25, 0.3) is 0 Å². The van der Waals surface area contributed by atoms with E-state index in [0.717, 1.165) is 5.82 Å². The first-order valence-corrected chi connectivity index (χ1v) is 3.59. The molecule has 0 aromatic carbocycles. The molecule has 2 heterocycles. The summed E-state index contributed by atoms with van der Waals surface area (Å²) in [5.41, 5.74) is 5.27. The number of thioether (sulfide) groups is 1. The Morgan fingerprint density at radius 1 is 1.70 bits per heavy atom. The predicted molar refractivity (Wildman–Crippen MR) is 37.3 cm³/mol. The van der Waals surface area contributed by atoms with Gasteiger partial charge in [0.2, 0.25) is 0 Å². The van der Waals surface area contributed by atoms with E-state index in [1.54, 1.807) is 11.2 Å². The van der Waals surface area contributed by atoms with Crippen LogP contribution in [0.3, 0.4) is 0 Å². The zero-order valence-electron chi connectivity index (χ0n) is 5.00. The largest absolute Gasteiger partial charge is 0.393 e.